The molecule has 1 atom stereocenters. The maximum absolute atomic E-state index is 13.1. The van der Waals surface area contributed by atoms with Gasteiger partial charge in [0.1, 0.15) is 5.82 Å². The van der Waals surface area contributed by atoms with Crippen molar-refractivity contribution in [2.24, 2.45) is 0 Å². The summed E-state index contributed by atoms with van der Waals surface area (Å²) < 4.78 is 18.1. The SMILES string of the molecule is COc1cc(CNC(C)c2cncc(F)c2)ccn1. The highest BCUT2D eigenvalue weighted by Gasteiger charge is 2.06. The van der Waals surface area contributed by atoms with Crippen LogP contribution < -0.4 is 10.1 Å². The molecule has 0 bridgehead atoms. The number of aromatic nitrogens is 2. The van der Waals surface area contributed by atoms with Crippen LogP contribution in [-0.2, 0) is 6.54 Å². The molecule has 100 valence electrons. The Bertz CT molecular complexity index is 548. The molecule has 0 radical (unpaired) electrons. The first kappa shape index (κ1) is 13.4. The third-order valence-corrected chi connectivity index (χ3v) is 2.85. The normalized spacial score (nSPS) is 12.2. The van der Waals surface area contributed by atoms with Gasteiger partial charge in [0.2, 0.25) is 5.88 Å². The second kappa shape index (κ2) is 6.24. The lowest BCUT2D eigenvalue weighted by Gasteiger charge is -2.14. The predicted molar refractivity (Wildman–Crippen MR) is 70.2 cm³/mol. The molecule has 0 spiro atoms. The van der Waals surface area contributed by atoms with Crippen molar-refractivity contribution in [3.63, 3.8) is 0 Å². The fourth-order valence-corrected chi connectivity index (χ4v) is 1.73. The summed E-state index contributed by atoms with van der Waals surface area (Å²) >= 11 is 0. The van der Waals surface area contributed by atoms with Crippen LogP contribution >= 0.6 is 0 Å². The Morgan fingerprint density at radius 2 is 2.21 bits per heavy atom. The van der Waals surface area contributed by atoms with Crippen molar-refractivity contribution in [1.29, 1.82) is 0 Å². The third kappa shape index (κ3) is 3.72. The van der Waals surface area contributed by atoms with Gasteiger partial charge in [-0.3, -0.25) is 4.98 Å². The summed E-state index contributed by atoms with van der Waals surface area (Å²) in [6.45, 7) is 2.62. The van der Waals surface area contributed by atoms with Crippen molar-refractivity contribution in [3.8, 4) is 5.88 Å². The number of rotatable bonds is 5. The number of pyridine rings is 2. The van der Waals surface area contributed by atoms with Crippen LogP contribution in [0.4, 0.5) is 4.39 Å². The molecule has 0 aliphatic heterocycles. The average Bonchev–Trinajstić information content (AvgIpc) is 2.45. The Labute approximate surface area is 111 Å². The lowest BCUT2D eigenvalue weighted by Crippen LogP contribution is -2.18. The Kier molecular flexibility index (Phi) is 4.41. The summed E-state index contributed by atoms with van der Waals surface area (Å²) in [6.07, 6.45) is 4.56. The molecule has 2 heterocycles. The van der Waals surface area contributed by atoms with Gasteiger partial charge in [0.15, 0.2) is 0 Å². The summed E-state index contributed by atoms with van der Waals surface area (Å²) in [5.74, 6) is 0.260. The Hall–Kier alpha value is -2.01. The lowest BCUT2D eigenvalue weighted by atomic mass is 10.1. The number of nitrogens with zero attached hydrogens (tertiary/aromatic N) is 2. The molecule has 2 aromatic rings. The summed E-state index contributed by atoms with van der Waals surface area (Å²) in [6, 6.07) is 5.27. The van der Waals surface area contributed by atoms with Crippen molar-refractivity contribution < 1.29 is 9.13 Å². The van der Waals surface area contributed by atoms with Crippen LogP contribution in [0.15, 0.2) is 36.8 Å². The minimum Gasteiger partial charge on any atom is -0.481 e. The fourth-order valence-electron chi connectivity index (χ4n) is 1.73. The van der Waals surface area contributed by atoms with E-state index in [1.54, 1.807) is 19.5 Å². The highest BCUT2D eigenvalue weighted by Crippen LogP contribution is 2.14. The van der Waals surface area contributed by atoms with E-state index in [0.29, 0.717) is 12.4 Å². The van der Waals surface area contributed by atoms with E-state index in [2.05, 4.69) is 15.3 Å². The van der Waals surface area contributed by atoms with Crippen LogP contribution in [0, 0.1) is 5.82 Å². The number of halogens is 1. The number of nitrogens with one attached hydrogen (secondary N) is 1. The van der Waals surface area contributed by atoms with Crippen LogP contribution in [-0.4, -0.2) is 17.1 Å². The van der Waals surface area contributed by atoms with Gasteiger partial charge < -0.3 is 10.1 Å². The predicted octanol–water partition coefficient (Wildman–Crippen LogP) is 2.48. The van der Waals surface area contributed by atoms with Crippen LogP contribution in [0.5, 0.6) is 5.88 Å². The summed E-state index contributed by atoms with van der Waals surface area (Å²) in [5, 5.41) is 3.30. The van der Waals surface area contributed by atoms with Crippen LogP contribution in [0.3, 0.4) is 0 Å². The number of hydrogen-bond donors (Lipinski definition) is 1. The molecule has 2 aromatic heterocycles. The summed E-state index contributed by atoms with van der Waals surface area (Å²) in [5.41, 5.74) is 1.88. The van der Waals surface area contributed by atoms with Crippen LogP contribution in [0.1, 0.15) is 24.1 Å². The molecule has 5 heteroatoms. The molecular weight excluding hydrogens is 245 g/mol. The van der Waals surface area contributed by atoms with E-state index in [1.165, 1.54) is 12.3 Å². The quantitative estimate of drug-likeness (QED) is 0.898. The molecular formula is C14H16FN3O. The maximum Gasteiger partial charge on any atom is 0.213 e. The van der Waals surface area contributed by atoms with Gasteiger partial charge in [-0.15, -0.1) is 0 Å². The molecule has 0 aliphatic rings. The molecule has 2 rings (SSSR count). The van der Waals surface area contributed by atoms with Crippen molar-refractivity contribution in [1.82, 2.24) is 15.3 Å². The van der Waals surface area contributed by atoms with E-state index >= 15 is 0 Å². The molecule has 1 N–H and O–H groups in total. The highest BCUT2D eigenvalue weighted by atomic mass is 19.1. The first-order chi connectivity index (χ1) is 9.19. The average molecular weight is 261 g/mol. The van der Waals surface area contributed by atoms with Gasteiger partial charge in [-0.25, -0.2) is 9.37 Å². The van der Waals surface area contributed by atoms with Crippen molar-refractivity contribution in [3.05, 3.63) is 53.7 Å². The Morgan fingerprint density at radius 1 is 1.37 bits per heavy atom. The lowest BCUT2D eigenvalue weighted by molar-refractivity contribution is 0.397. The zero-order chi connectivity index (χ0) is 13.7. The second-order valence-corrected chi connectivity index (χ2v) is 4.25. The second-order valence-electron chi connectivity index (χ2n) is 4.25. The molecule has 0 fully saturated rings. The summed E-state index contributed by atoms with van der Waals surface area (Å²) in [7, 11) is 1.58. The Morgan fingerprint density at radius 3 is 2.95 bits per heavy atom. The fraction of sp³-hybridized carbons (Fsp3) is 0.286. The smallest absolute Gasteiger partial charge is 0.213 e. The van der Waals surface area contributed by atoms with Crippen molar-refractivity contribution in [2.75, 3.05) is 7.11 Å². The largest absolute Gasteiger partial charge is 0.481 e. The minimum atomic E-state index is -0.322. The van der Waals surface area contributed by atoms with Gasteiger partial charge in [0, 0.05) is 31.0 Å². The zero-order valence-electron chi connectivity index (χ0n) is 10.9. The standard InChI is InChI=1S/C14H16FN3O/c1-10(12-6-13(15)9-16-8-12)18-7-11-3-4-17-14(5-11)19-2/h3-6,8-10,18H,7H2,1-2H3. The third-order valence-electron chi connectivity index (χ3n) is 2.85. The van der Waals surface area contributed by atoms with Crippen LogP contribution in [0.2, 0.25) is 0 Å². The van der Waals surface area contributed by atoms with Crippen LogP contribution in [0.25, 0.3) is 0 Å². The van der Waals surface area contributed by atoms with Gasteiger partial charge in [-0.1, -0.05) is 0 Å². The van der Waals surface area contributed by atoms with E-state index in [0.717, 1.165) is 11.1 Å². The number of ether oxygens (including phenoxy) is 1. The minimum absolute atomic E-state index is 0.0161. The first-order valence-corrected chi connectivity index (χ1v) is 6.02. The van der Waals surface area contributed by atoms with Gasteiger partial charge in [-0.2, -0.15) is 0 Å². The maximum atomic E-state index is 13.1. The monoisotopic (exact) mass is 261 g/mol. The van der Waals surface area contributed by atoms with E-state index in [4.69, 9.17) is 4.74 Å². The van der Waals surface area contributed by atoms with Gasteiger partial charge in [-0.05, 0) is 30.2 Å². The van der Waals surface area contributed by atoms with Gasteiger partial charge in [0.25, 0.3) is 0 Å². The van der Waals surface area contributed by atoms with E-state index in [-0.39, 0.29) is 11.9 Å². The topological polar surface area (TPSA) is 47.0 Å². The van der Waals surface area contributed by atoms with Gasteiger partial charge in [0.05, 0.1) is 13.3 Å². The molecule has 0 aliphatic carbocycles. The van der Waals surface area contributed by atoms with Crippen molar-refractivity contribution in [2.45, 2.75) is 19.5 Å². The molecule has 4 nitrogen and oxygen atoms in total. The van der Waals surface area contributed by atoms with Gasteiger partial charge >= 0.3 is 0 Å². The molecule has 0 saturated heterocycles. The summed E-state index contributed by atoms with van der Waals surface area (Å²) in [4.78, 5) is 7.89. The number of hydrogen-bond acceptors (Lipinski definition) is 4. The molecule has 1 unspecified atom stereocenters. The molecule has 0 aromatic carbocycles. The Balaban J connectivity index is 1.98. The number of methoxy groups -OCH3 is 1. The zero-order valence-corrected chi connectivity index (χ0v) is 10.9. The molecule has 0 amide bonds. The van der Waals surface area contributed by atoms with E-state index in [9.17, 15) is 4.39 Å². The molecule has 19 heavy (non-hydrogen) atoms. The van der Waals surface area contributed by atoms with E-state index in [1.807, 2.05) is 19.1 Å². The highest BCUT2D eigenvalue weighted by molar-refractivity contribution is 5.21. The molecule has 0 saturated carbocycles. The van der Waals surface area contributed by atoms with Crippen molar-refractivity contribution >= 4 is 0 Å². The van der Waals surface area contributed by atoms with E-state index < -0.39 is 0 Å². The first-order valence-electron chi connectivity index (χ1n) is 6.02.